The van der Waals surface area contributed by atoms with Crippen LogP contribution in [0.3, 0.4) is 0 Å². The number of rotatable bonds is 3. The maximum Gasteiger partial charge on any atom is 0.127 e. The minimum absolute atomic E-state index is 0.0138. The van der Waals surface area contributed by atoms with Gasteiger partial charge < -0.3 is 9.84 Å². The third-order valence-electron chi connectivity index (χ3n) is 4.82. The van der Waals surface area contributed by atoms with Crippen molar-refractivity contribution in [1.29, 1.82) is 0 Å². The SMILES string of the molecule is OCCOc1ccc2cccc3c4cccc5cccc(c1c23)c54. The van der Waals surface area contributed by atoms with Crippen LogP contribution in [0.5, 0.6) is 5.75 Å². The molecule has 0 aliphatic heterocycles. The van der Waals surface area contributed by atoms with Crippen LogP contribution in [-0.4, -0.2) is 18.3 Å². The Bertz CT molecular complexity index is 1190. The molecule has 0 aromatic heterocycles. The Hall–Kier alpha value is -2.84. The lowest BCUT2D eigenvalue weighted by Gasteiger charge is -2.17. The van der Waals surface area contributed by atoms with E-state index in [9.17, 15) is 0 Å². The Kier molecular flexibility index (Phi) is 2.88. The predicted octanol–water partition coefficient (Wildman–Crippen LogP) is 5.11. The summed E-state index contributed by atoms with van der Waals surface area (Å²) < 4.78 is 5.87. The predicted molar refractivity (Wildman–Crippen MR) is 100 cm³/mol. The van der Waals surface area contributed by atoms with E-state index in [1.54, 1.807) is 0 Å². The van der Waals surface area contributed by atoms with Gasteiger partial charge in [-0.1, -0.05) is 60.7 Å². The summed E-state index contributed by atoms with van der Waals surface area (Å²) in [6.07, 6.45) is 0. The topological polar surface area (TPSA) is 29.5 Å². The first kappa shape index (κ1) is 13.6. The molecular formula is C22H16O2. The van der Waals surface area contributed by atoms with Gasteiger partial charge in [-0.25, -0.2) is 0 Å². The van der Waals surface area contributed by atoms with Crippen molar-refractivity contribution in [2.75, 3.05) is 13.2 Å². The van der Waals surface area contributed by atoms with E-state index in [0.29, 0.717) is 6.61 Å². The lowest BCUT2D eigenvalue weighted by Crippen LogP contribution is -2.02. The molecule has 0 amide bonds. The molecule has 5 rings (SSSR count). The third-order valence-corrected chi connectivity index (χ3v) is 4.82. The Morgan fingerprint density at radius 3 is 1.96 bits per heavy atom. The second-order valence-corrected chi connectivity index (χ2v) is 6.12. The van der Waals surface area contributed by atoms with E-state index in [0.717, 1.165) is 11.1 Å². The van der Waals surface area contributed by atoms with Crippen molar-refractivity contribution in [1.82, 2.24) is 0 Å². The number of aliphatic hydroxyl groups excluding tert-OH is 1. The van der Waals surface area contributed by atoms with Crippen molar-refractivity contribution >= 4 is 43.1 Å². The van der Waals surface area contributed by atoms with Gasteiger partial charge in [-0.3, -0.25) is 0 Å². The van der Waals surface area contributed by atoms with Gasteiger partial charge in [-0.05, 0) is 38.4 Å². The van der Waals surface area contributed by atoms with Crippen LogP contribution in [0, 0.1) is 0 Å². The van der Waals surface area contributed by atoms with Crippen LogP contribution in [0.15, 0.2) is 66.7 Å². The van der Waals surface area contributed by atoms with Crippen LogP contribution >= 0.6 is 0 Å². The number of hydrogen-bond acceptors (Lipinski definition) is 2. The van der Waals surface area contributed by atoms with E-state index in [2.05, 4.69) is 60.7 Å². The molecule has 0 heterocycles. The summed E-state index contributed by atoms with van der Waals surface area (Å²) in [5.41, 5.74) is 0. The largest absolute Gasteiger partial charge is 0.491 e. The van der Waals surface area contributed by atoms with Gasteiger partial charge >= 0.3 is 0 Å². The van der Waals surface area contributed by atoms with Gasteiger partial charge in [0.15, 0.2) is 0 Å². The summed E-state index contributed by atoms with van der Waals surface area (Å²) in [4.78, 5) is 0. The lowest BCUT2D eigenvalue weighted by atomic mass is 9.89. The quantitative estimate of drug-likeness (QED) is 0.370. The zero-order valence-corrected chi connectivity index (χ0v) is 13.1. The minimum atomic E-state index is 0.0138. The number of fused-ring (bicyclic) bond motifs is 2. The molecule has 0 unspecified atom stereocenters. The van der Waals surface area contributed by atoms with Crippen molar-refractivity contribution in [2.45, 2.75) is 0 Å². The van der Waals surface area contributed by atoms with Crippen LogP contribution in [0.1, 0.15) is 0 Å². The molecule has 0 aliphatic carbocycles. The molecule has 116 valence electrons. The van der Waals surface area contributed by atoms with E-state index >= 15 is 0 Å². The maximum atomic E-state index is 9.16. The van der Waals surface area contributed by atoms with Gasteiger partial charge in [0.2, 0.25) is 0 Å². The fourth-order valence-electron chi connectivity index (χ4n) is 3.90. The number of hydrogen-bond donors (Lipinski definition) is 1. The first-order chi connectivity index (χ1) is 11.9. The third kappa shape index (κ3) is 1.75. The number of benzene rings is 5. The van der Waals surface area contributed by atoms with Crippen molar-refractivity contribution in [2.24, 2.45) is 0 Å². The lowest BCUT2D eigenvalue weighted by molar-refractivity contribution is 0.203. The normalized spacial score (nSPS) is 11.9. The van der Waals surface area contributed by atoms with Crippen LogP contribution in [-0.2, 0) is 0 Å². The summed E-state index contributed by atoms with van der Waals surface area (Å²) in [5.74, 6) is 0.839. The van der Waals surface area contributed by atoms with Crippen molar-refractivity contribution in [3.05, 3.63) is 66.7 Å². The van der Waals surface area contributed by atoms with Crippen LogP contribution in [0.2, 0.25) is 0 Å². The van der Waals surface area contributed by atoms with Crippen LogP contribution in [0.4, 0.5) is 0 Å². The molecule has 1 N–H and O–H groups in total. The van der Waals surface area contributed by atoms with Crippen LogP contribution < -0.4 is 4.74 Å². The highest BCUT2D eigenvalue weighted by Gasteiger charge is 2.15. The van der Waals surface area contributed by atoms with E-state index < -0.39 is 0 Å². The first-order valence-corrected chi connectivity index (χ1v) is 8.20. The van der Waals surface area contributed by atoms with Crippen molar-refractivity contribution < 1.29 is 9.84 Å². The standard InChI is InChI=1S/C22H16O2/c23-12-13-24-19-11-10-15-6-2-8-17-16-7-1-4-14-5-3-9-18(20(14)16)22(19)21(15)17/h1-11,23H,12-13H2. The van der Waals surface area contributed by atoms with Crippen LogP contribution in [0.25, 0.3) is 43.1 Å². The molecule has 0 aliphatic rings. The molecule has 5 aromatic rings. The zero-order valence-electron chi connectivity index (χ0n) is 13.1. The Labute approximate surface area is 139 Å². The van der Waals surface area contributed by atoms with E-state index in [4.69, 9.17) is 9.84 Å². The Morgan fingerprint density at radius 2 is 1.25 bits per heavy atom. The van der Waals surface area contributed by atoms with Crippen molar-refractivity contribution in [3.8, 4) is 5.75 Å². The molecule has 2 heteroatoms. The van der Waals surface area contributed by atoms with Gasteiger partial charge in [0.1, 0.15) is 12.4 Å². The van der Waals surface area contributed by atoms with Gasteiger partial charge in [-0.15, -0.1) is 0 Å². The smallest absolute Gasteiger partial charge is 0.127 e. The highest BCUT2D eigenvalue weighted by molar-refractivity contribution is 6.34. The molecule has 24 heavy (non-hydrogen) atoms. The average Bonchev–Trinajstić information content (AvgIpc) is 2.64. The minimum Gasteiger partial charge on any atom is -0.491 e. The zero-order chi connectivity index (χ0) is 16.1. The summed E-state index contributed by atoms with van der Waals surface area (Å²) in [7, 11) is 0. The highest BCUT2D eigenvalue weighted by Crippen LogP contribution is 2.43. The van der Waals surface area contributed by atoms with E-state index in [1.807, 2.05) is 6.07 Å². The molecule has 0 saturated heterocycles. The molecule has 2 nitrogen and oxygen atoms in total. The van der Waals surface area contributed by atoms with Gasteiger partial charge in [-0.2, -0.15) is 0 Å². The highest BCUT2D eigenvalue weighted by atomic mass is 16.5. The van der Waals surface area contributed by atoms with Gasteiger partial charge in [0.25, 0.3) is 0 Å². The molecule has 0 fully saturated rings. The summed E-state index contributed by atoms with van der Waals surface area (Å²) in [5, 5.41) is 19.0. The molecule has 0 saturated carbocycles. The van der Waals surface area contributed by atoms with Crippen molar-refractivity contribution in [3.63, 3.8) is 0 Å². The summed E-state index contributed by atoms with van der Waals surface area (Å²) in [6.45, 7) is 0.318. The maximum absolute atomic E-state index is 9.16. The fraction of sp³-hybridized carbons (Fsp3) is 0.0909. The second-order valence-electron chi connectivity index (χ2n) is 6.12. The molecular weight excluding hydrogens is 296 g/mol. The molecule has 0 bridgehead atoms. The molecule has 0 spiro atoms. The number of aliphatic hydroxyl groups is 1. The average molecular weight is 312 g/mol. The fourth-order valence-corrected chi connectivity index (χ4v) is 3.90. The first-order valence-electron chi connectivity index (χ1n) is 8.20. The Morgan fingerprint density at radius 1 is 0.625 bits per heavy atom. The Balaban J connectivity index is 2.10. The second kappa shape index (κ2) is 5.08. The number of ether oxygens (including phenoxy) is 1. The van der Waals surface area contributed by atoms with E-state index in [1.165, 1.54) is 37.7 Å². The molecule has 5 aromatic carbocycles. The van der Waals surface area contributed by atoms with Gasteiger partial charge in [0.05, 0.1) is 6.61 Å². The summed E-state index contributed by atoms with van der Waals surface area (Å²) in [6, 6.07) is 23.5. The van der Waals surface area contributed by atoms with Gasteiger partial charge in [0, 0.05) is 10.8 Å². The monoisotopic (exact) mass is 312 g/mol. The van der Waals surface area contributed by atoms with E-state index in [-0.39, 0.29) is 6.61 Å². The molecule has 0 atom stereocenters. The summed E-state index contributed by atoms with van der Waals surface area (Å²) >= 11 is 0. The molecule has 0 radical (unpaired) electrons.